The van der Waals surface area contributed by atoms with E-state index in [0.29, 0.717) is 13.2 Å². The van der Waals surface area contributed by atoms with Crippen LogP contribution in [0, 0.1) is 5.92 Å². The van der Waals surface area contributed by atoms with Crippen LogP contribution in [0.1, 0.15) is 33.1 Å². The Balaban J connectivity index is 2.27. The summed E-state index contributed by atoms with van der Waals surface area (Å²) in [5.74, 6) is 0.170. The highest BCUT2D eigenvalue weighted by molar-refractivity contribution is 5.79. The number of rotatable bonds is 5. The third-order valence-electron chi connectivity index (χ3n) is 2.85. The van der Waals surface area contributed by atoms with Crippen molar-refractivity contribution in [1.82, 2.24) is 5.32 Å². The first-order chi connectivity index (χ1) is 7.15. The minimum atomic E-state index is 0.0445. The van der Waals surface area contributed by atoms with Crippen LogP contribution in [-0.2, 0) is 9.53 Å². The molecule has 3 atom stereocenters. The normalized spacial score (nSPS) is 27.7. The number of carbonyl (C=O) groups excluding carboxylic acids is 1. The molecule has 88 valence electrons. The van der Waals surface area contributed by atoms with Crippen molar-refractivity contribution in [1.29, 1.82) is 0 Å². The molecule has 0 aliphatic carbocycles. The summed E-state index contributed by atoms with van der Waals surface area (Å²) >= 11 is 0. The van der Waals surface area contributed by atoms with Crippen molar-refractivity contribution in [3.63, 3.8) is 0 Å². The van der Waals surface area contributed by atoms with Crippen LogP contribution in [0.15, 0.2) is 0 Å². The molecule has 0 saturated carbocycles. The second-order valence-corrected chi connectivity index (χ2v) is 4.27. The molecule has 1 saturated heterocycles. The zero-order valence-electron chi connectivity index (χ0n) is 9.66. The summed E-state index contributed by atoms with van der Waals surface area (Å²) < 4.78 is 5.48. The molecule has 0 aromatic heterocycles. The van der Waals surface area contributed by atoms with E-state index in [1.807, 2.05) is 6.92 Å². The van der Waals surface area contributed by atoms with Crippen molar-refractivity contribution >= 4 is 5.91 Å². The molecule has 1 fully saturated rings. The summed E-state index contributed by atoms with van der Waals surface area (Å²) in [5, 5.41) is 2.92. The third kappa shape index (κ3) is 3.80. The van der Waals surface area contributed by atoms with Gasteiger partial charge < -0.3 is 15.8 Å². The zero-order chi connectivity index (χ0) is 11.3. The Kier molecular flexibility index (Phi) is 5.05. The fourth-order valence-corrected chi connectivity index (χ4v) is 1.90. The predicted molar refractivity (Wildman–Crippen MR) is 59.4 cm³/mol. The van der Waals surface area contributed by atoms with Gasteiger partial charge in [0.2, 0.25) is 5.91 Å². The summed E-state index contributed by atoms with van der Waals surface area (Å²) in [6.07, 6.45) is 2.70. The van der Waals surface area contributed by atoms with Crippen LogP contribution >= 0.6 is 0 Å². The molecular formula is C11H22N2O2. The van der Waals surface area contributed by atoms with Crippen LogP contribution in [0.5, 0.6) is 0 Å². The van der Waals surface area contributed by atoms with Crippen molar-refractivity contribution in [3.8, 4) is 0 Å². The maximum atomic E-state index is 11.8. The van der Waals surface area contributed by atoms with E-state index in [-0.39, 0.29) is 24.0 Å². The molecule has 1 heterocycles. The van der Waals surface area contributed by atoms with Crippen LogP contribution in [0.2, 0.25) is 0 Å². The molecule has 0 bridgehead atoms. The van der Waals surface area contributed by atoms with Gasteiger partial charge in [-0.25, -0.2) is 0 Å². The Morgan fingerprint density at radius 3 is 3.00 bits per heavy atom. The molecule has 4 heteroatoms. The molecule has 0 aromatic carbocycles. The average molecular weight is 214 g/mol. The average Bonchev–Trinajstić information content (AvgIpc) is 2.64. The predicted octanol–water partition coefficient (Wildman–Crippen LogP) is 0.655. The number of carbonyl (C=O) groups is 1. The highest BCUT2D eigenvalue weighted by atomic mass is 16.5. The molecule has 0 aromatic rings. The first-order valence-corrected chi connectivity index (χ1v) is 5.80. The highest BCUT2D eigenvalue weighted by Gasteiger charge is 2.32. The number of hydrogen-bond acceptors (Lipinski definition) is 3. The minimum absolute atomic E-state index is 0.0445. The molecule has 1 aliphatic heterocycles. The Morgan fingerprint density at radius 1 is 1.67 bits per heavy atom. The third-order valence-corrected chi connectivity index (χ3v) is 2.85. The highest BCUT2D eigenvalue weighted by Crippen LogP contribution is 2.23. The van der Waals surface area contributed by atoms with Gasteiger partial charge in [0, 0.05) is 19.2 Å². The van der Waals surface area contributed by atoms with Crippen molar-refractivity contribution in [2.75, 3.05) is 13.2 Å². The Hall–Kier alpha value is -0.610. The maximum Gasteiger partial charge on any atom is 0.225 e. The van der Waals surface area contributed by atoms with E-state index in [0.717, 1.165) is 19.3 Å². The molecule has 3 unspecified atom stereocenters. The van der Waals surface area contributed by atoms with Gasteiger partial charge in [-0.05, 0) is 26.2 Å². The van der Waals surface area contributed by atoms with Gasteiger partial charge in [0.25, 0.3) is 0 Å². The summed E-state index contributed by atoms with van der Waals surface area (Å²) in [7, 11) is 0. The van der Waals surface area contributed by atoms with Crippen LogP contribution in [0.4, 0.5) is 0 Å². The fraction of sp³-hybridized carbons (Fsp3) is 0.909. The SMILES string of the molecule is CCC1OCCC1C(=O)NCCC(C)N. The lowest BCUT2D eigenvalue weighted by molar-refractivity contribution is -0.126. The second-order valence-electron chi connectivity index (χ2n) is 4.27. The Labute approximate surface area is 91.5 Å². The molecule has 15 heavy (non-hydrogen) atoms. The van der Waals surface area contributed by atoms with Crippen LogP contribution in [0.25, 0.3) is 0 Å². The zero-order valence-corrected chi connectivity index (χ0v) is 9.66. The number of amides is 1. The van der Waals surface area contributed by atoms with Crippen molar-refractivity contribution in [2.24, 2.45) is 11.7 Å². The van der Waals surface area contributed by atoms with Gasteiger partial charge in [0.05, 0.1) is 12.0 Å². The lowest BCUT2D eigenvalue weighted by Crippen LogP contribution is -2.37. The fourth-order valence-electron chi connectivity index (χ4n) is 1.90. The largest absolute Gasteiger partial charge is 0.377 e. The second kappa shape index (κ2) is 6.08. The number of nitrogens with one attached hydrogen (secondary N) is 1. The van der Waals surface area contributed by atoms with Crippen LogP contribution in [0.3, 0.4) is 0 Å². The van der Waals surface area contributed by atoms with Gasteiger partial charge in [0.1, 0.15) is 0 Å². The van der Waals surface area contributed by atoms with Gasteiger partial charge >= 0.3 is 0 Å². The van der Waals surface area contributed by atoms with E-state index in [1.54, 1.807) is 0 Å². The number of nitrogens with two attached hydrogens (primary N) is 1. The van der Waals surface area contributed by atoms with E-state index >= 15 is 0 Å². The van der Waals surface area contributed by atoms with Crippen molar-refractivity contribution in [2.45, 2.75) is 45.3 Å². The number of ether oxygens (including phenoxy) is 1. The molecular weight excluding hydrogens is 192 g/mol. The molecule has 0 radical (unpaired) electrons. The van der Waals surface area contributed by atoms with E-state index in [4.69, 9.17) is 10.5 Å². The Morgan fingerprint density at radius 2 is 2.40 bits per heavy atom. The molecule has 1 aliphatic rings. The van der Waals surface area contributed by atoms with Gasteiger partial charge in [-0.1, -0.05) is 6.92 Å². The summed E-state index contributed by atoms with van der Waals surface area (Å²) in [6.45, 7) is 5.38. The Bertz CT molecular complexity index is 207. The smallest absolute Gasteiger partial charge is 0.225 e. The van der Waals surface area contributed by atoms with Gasteiger partial charge in [-0.3, -0.25) is 4.79 Å². The van der Waals surface area contributed by atoms with Crippen LogP contribution in [-0.4, -0.2) is 31.2 Å². The van der Waals surface area contributed by atoms with E-state index in [9.17, 15) is 4.79 Å². The number of hydrogen-bond donors (Lipinski definition) is 2. The van der Waals surface area contributed by atoms with Gasteiger partial charge in [-0.15, -0.1) is 0 Å². The molecule has 1 amide bonds. The lowest BCUT2D eigenvalue weighted by Gasteiger charge is -2.16. The van der Waals surface area contributed by atoms with Crippen molar-refractivity contribution < 1.29 is 9.53 Å². The van der Waals surface area contributed by atoms with E-state index in [2.05, 4.69) is 12.2 Å². The molecule has 4 nitrogen and oxygen atoms in total. The molecule has 3 N–H and O–H groups in total. The van der Waals surface area contributed by atoms with Gasteiger partial charge in [0.15, 0.2) is 0 Å². The van der Waals surface area contributed by atoms with E-state index in [1.165, 1.54) is 0 Å². The van der Waals surface area contributed by atoms with Gasteiger partial charge in [-0.2, -0.15) is 0 Å². The molecule has 1 rings (SSSR count). The summed E-state index contributed by atoms with van der Waals surface area (Å²) in [4.78, 5) is 11.8. The van der Waals surface area contributed by atoms with E-state index < -0.39 is 0 Å². The first kappa shape index (κ1) is 12.5. The topological polar surface area (TPSA) is 64.3 Å². The summed E-state index contributed by atoms with van der Waals surface area (Å²) in [5.41, 5.74) is 5.61. The maximum absolute atomic E-state index is 11.8. The van der Waals surface area contributed by atoms with Crippen molar-refractivity contribution in [3.05, 3.63) is 0 Å². The first-order valence-electron chi connectivity index (χ1n) is 5.80. The quantitative estimate of drug-likeness (QED) is 0.706. The standard InChI is InChI=1S/C11H22N2O2/c1-3-10-9(5-7-15-10)11(14)13-6-4-8(2)12/h8-10H,3-7,12H2,1-2H3,(H,13,14). The lowest BCUT2D eigenvalue weighted by atomic mass is 9.98. The van der Waals surface area contributed by atoms with Crippen LogP contribution < -0.4 is 11.1 Å². The summed E-state index contributed by atoms with van der Waals surface area (Å²) in [6, 6.07) is 0.145. The monoisotopic (exact) mass is 214 g/mol. The minimum Gasteiger partial charge on any atom is -0.377 e. The molecule has 0 spiro atoms.